The Hall–Kier alpha value is -3.58. The van der Waals surface area contributed by atoms with E-state index in [4.69, 9.17) is 9.15 Å². The van der Waals surface area contributed by atoms with Crippen molar-refractivity contribution in [1.29, 1.82) is 0 Å². The number of aromatic nitrogens is 1. The number of carbonyl (C=O) groups is 1. The van der Waals surface area contributed by atoms with E-state index < -0.39 is 5.91 Å². The number of rotatable bonds is 7. The van der Waals surface area contributed by atoms with E-state index in [0.29, 0.717) is 5.76 Å². The lowest BCUT2D eigenvalue weighted by molar-refractivity contribution is 0.0923. The van der Waals surface area contributed by atoms with Gasteiger partial charge in [-0.2, -0.15) is 5.10 Å². The molecular formula is C24H23N3O3S. The normalized spacial score (nSPS) is 11.2. The van der Waals surface area contributed by atoms with Gasteiger partial charge < -0.3 is 13.7 Å². The molecule has 0 saturated carbocycles. The van der Waals surface area contributed by atoms with E-state index in [1.807, 2.05) is 42.6 Å². The average Bonchev–Trinajstić information content (AvgIpc) is 3.48. The maximum atomic E-state index is 12.2. The predicted octanol–water partition coefficient (Wildman–Crippen LogP) is 5.40. The van der Waals surface area contributed by atoms with Gasteiger partial charge >= 0.3 is 5.91 Å². The highest BCUT2D eigenvalue weighted by atomic mass is 32.1. The molecule has 0 spiro atoms. The SMILES string of the molecule is Cc1ccsc1C=NNC(=O)c1ccc(COc2ccc(-n3c(C)ccc3C)cc2)o1. The Kier molecular flexibility index (Phi) is 6.04. The maximum Gasteiger partial charge on any atom is 0.307 e. The van der Waals surface area contributed by atoms with Gasteiger partial charge in [-0.15, -0.1) is 11.3 Å². The molecule has 3 aromatic heterocycles. The Balaban J connectivity index is 1.32. The fraction of sp³-hybridized carbons (Fsp3) is 0.167. The molecule has 4 rings (SSSR count). The molecule has 4 aromatic rings. The fourth-order valence-corrected chi connectivity index (χ4v) is 4.01. The summed E-state index contributed by atoms with van der Waals surface area (Å²) in [5.41, 5.74) is 7.05. The molecule has 0 unspecified atom stereocenters. The average molecular weight is 434 g/mol. The third-order valence-corrected chi connectivity index (χ3v) is 5.84. The number of amides is 1. The van der Waals surface area contributed by atoms with Crippen LogP contribution in [-0.2, 0) is 6.61 Å². The molecule has 31 heavy (non-hydrogen) atoms. The molecule has 0 saturated heterocycles. The van der Waals surface area contributed by atoms with Crippen LogP contribution in [0.3, 0.4) is 0 Å². The zero-order valence-corrected chi connectivity index (χ0v) is 18.4. The van der Waals surface area contributed by atoms with Gasteiger partial charge in [-0.05, 0) is 86.3 Å². The molecule has 7 heteroatoms. The standard InChI is InChI=1S/C24H23N3O3S/c1-16-12-13-31-23(16)14-25-26-24(28)22-11-10-21(30-22)15-29-20-8-6-19(7-9-20)27-17(2)4-5-18(27)3/h4-14H,15H2,1-3H3,(H,26,28). The van der Waals surface area contributed by atoms with Crippen LogP contribution in [0.4, 0.5) is 0 Å². The number of hydrogen-bond acceptors (Lipinski definition) is 5. The molecule has 0 bridgehead atoms. The third kappa shape index (κ3) is 4.78. The van der Waals surface area contributed by atoms with Crippen LogP contribution in [0.25, 0.3) is 5.69 Å². The van der Waals surface area contributed by atoms with Gasteiger partial charge in [0.2, 0.25) is 0 Å². The Bertz CT molecular complexity index is 1200. The Labute approximate surface area is 184 Å². The molecule has 158 valence electrons. The van der Waals surface area contributed by atoms with Crippen molar-refractivity contribution < 1.29 is 13.9 Å². The summed E-state index contributed by atoms with van der Waals surface area (Å²) in [5, 5.41) is 5.97. The van der Waals surface area contributed by atoms with Gasteiger partial charge in [0, 0.05) is 22.0 Å². The largest absolute Gasteiger partial charge is 0.486 e. The van der Waals surface area contributed by atoms with Gasteiger partial charge in [-0.1, -0.05) is 0 Å². The molecular weight excluding hydrogens is 410 g/mol. The van der Waals surface area contributed by atoms with Gasteiger partial charge in [-0.3, -0.25) is 4.79 Å². The van der Waals surface area contributed by atoms with Crippen molar-refractivity contribution in [2.45, 2.75) is 27.4 Å². The second-order valence-corrected chi connectivity index (χ2v) is 8.11. The summed E-state index contributed by atoms with van der Waals surface area (Å²) in [7, 11) is 0. The van der Waals surface area contributed by atoms with Crippen LogP contribution in [0.15, 0.2) is 69.5 Å². The van der Waals surface area contributed by atoms with E-state index in [1.165, 1.54) is 11.4 Å². The highest BCUT2D eigenvalue weighted by Gasteiger charge is 2.11. The summed E-state index contributed by atoms with van der Waals surface area (Å²) in [5.74, 6) is 1.07. The van der Waals surface area contributed by atoms with Gasteiger partial charge in [0.05, 0.1) is 6.21 Å². The molecule has 0 radical (unpaired) electrons. The second kappa shape index (κ2) is 9.06. The van der Waals surface area contributed by atoms with Crippen LogP contribution in [0.1, 0.15) is 38.1 Å². The number of benzene rings is 1. The van der Waals surface area contributed by atoms with Crippen molar-refractivity contribution in [3.63, 3.8) is 0 Å². The van der Waals surface area contributed by atoms with Crippen molar-refractivity contribution in [2.24, 2.45) is 5.10 Å². The number of hydrazone groups is 1. The third-order valence-electron chi connectivity index (χ3n) is 4.88. The number of carbonyl (C=O) groups excluding carboxylic acids is 1. The number of ether oxygens (including phenoxy) is 1. The Morgan fingerprint density at radius 2 is 1.81 bits per heavy atom. The van der Waals surface area contributed by atoms with Crippen LogP contribution in [-0.4, -0.2) is 16.7 Å². The van der Waals surface area contributed by atoms with Crippen molar-refractivity contribution in [1.82, 2.24) is 9.99 Å². The molecule has 0 aliphatic carbocycles. The van der Waals surface area contributed by atoms with E-state index in [-0.39, 0.29) is 12.4 Å². The molecule has 1 amide bonds. The topological polar surface area (TPSA) is 68.8 Å². The second-order valence-electron chi connectivity index (χ2n) is 7.17. The molecule has 1 N–H and O–H groups in total. The van der Waals surface area contributed by atoms with E-state index in [1.54, 1.807) is 29.7 Å². The van der Waals surface area contributed by atoms with Crippen molar-refractivity contribution in [3.8, 4) is 11.4 Å². The van der Waals surface area contributed by atoms with Crippen LogP contribution >= 0.6 is 11.3 Å². The van der Waals surface area contributed by atoms with Crippen LogP contribution in [0, 0.1) is 20.8 Å². The van der Waals surface area contributed by atoms with E-state index in [9.17, 15) is 4.79 Å². The number of thiophene rings is 1. The molecule has 6 nitrogen and oxygen atoms in total. The lowest BCUT2D eigenvalue weighted by Gasteiger charge is -2.10. The summed E-state index contributed by atoms with van der Waals surface area (Å²) in [6.45, 7) is 6.38. The van der Waals surface area contributed by atoms with Crippen LogP contribution in [0.5, 0.6) is 5.75 Å². The highest BCUT2D eigenvalue weighted by Crippen LogP contribution is 2.21. The molecule has 0 fully saturated rings. The summed E-state index contributed by atoms with van der Waals surface area (Å²) in [6.07, 6.45) is 1.63. The first-order valence-electron chi connectivity index (χ1n) is 9.85. The fourth-order valence-electron chi connectivity index (χ4n) is 3.22. The maximum absolute atomic E-state index is 12.2. The Morgan fingerprint density at radius 1 is 1.06 bits per heavy atom. The summed E-state index contributed by atoms with van der Waals surface area (Å²) in [6, 6.07) is 17.4. The monoisotopic (exact) mass is 433 g/mol. The van der Waals surface area contributed by atoms with Crippen molar-refractivity contribution in [2.75, 3.05) is 0 Å². The minimum atomic E-state index is -0.404. The molecule has 0 aliphatic heterocycles. The van der Waals surface area contributed by atoms with Gasteiger partial charge in [-0.25, -0.2) is 5.43 Å². The van der Waals surface area contributed by atoms with E-state index in [0.717, 1.165) is 21.9 Å². The number of aryl methyl sites for hydroxylation is 3. The minimum absolute atomic E-state index is 0.188. The van der Waals surface area contributed by atoms with Gasteiger partial charge in [0.15, 0.2) is 5.76 Å². The first-order chi connectivity index (χ1) is 15.0. The smallest absolute Gasteiger partial charge is 0.307 e. The number of furan rings is 1. The van der Waals surface area contributed by atoms with Gasteiger partial charge in [0.25, 0.3) is 0 Å². The summed E-state index contributed by atoms with van der Waals surface area (Å²) >= 11 is 1.56. The molecule has 3 heterocycles. The van der Waals surface area contributed by atoms with E-state index in [2.05, 4.69) is 41.1 Å². The van der Waals surface area contributed by atoms with Crippen LogP contribution < -0.4 is 10.2 Å². The van der Waals surface area contributed by atoms with E-state index >= 15 is 0 Å². The number of nitrogens with zero attached hydrogens (tertiary/aromatic N) is 2. The van der Waals surface area contributed by atoms with Crippen molar-refractivity contribution >= 4 is 23.5 Å². The predicted molar refractivity (Wildman–Crippen MR) is 122 cm³/mol. The zero-order valence-electron chi connectivity index (χ0n) is 17.6. The molecule has 0 aliphatic rings. The first kappa shape index (κ1) is 20.7. The molecule has 1 aromatic carbocycles. The zero-order chi connectivity index (χ0) is 21.8. The Morgan fingerprint density at radius 3 is 2.48 bits per heavy atom. The van der Waals surface area contributed by atoms with Crippen molar-refractivity contribution in [3.05, 3.63) is 93.3 Å². The number of nitrogens with one attached hydrogen (secondary N) is 1. The van der Waals surface area contributed by atoms with Crippen LogP contribution in [0.2, 0.25) is 0 Å². The summed E-state index contributed by atoms with van der Waals surface area (Å²) < 4.78 is 13.6. The first-order valence-corrected chi connectivity index (χ1v) is 10.7. The number of hydrogen-bond donors (Lipinski definition) is 1. The lowest BCUT2D eigenvalue weighted by atomic mass is 10.3. The minimum Gasteiger partial charge on any atom is -0.486 e. The van der Waals surface area contributed by atoms with Gasteiger partial charge in [0.1, 0.15) is 18.1 Å². The highest BCUT2D eigenvalue weighted by molar-refractivity contribution is 7.11. The summed E-state index contributed by atoms with van der Waals surface area (Å²) in [4.78, 5) is 13.2. The quantitative estimate of drug-likeness (QED) is 0.313. The molecule has 0 atom stereocenters. The lowest BCUT2D eigenvalue weighted by Crippen LogP contribution is -2.16.